The maximum atomic E-state index is 12.0. The Bertz CT molecular complexity index is 848. The van der Waals surface area contributed by atoms with Crippen molar-refractivity contribution in [2.24, 2.45) is 5.73 Å². The lowest BCUT2D eigenvalue weighted by molar-refractivity contribution is -0.250. The van der Waals surface area contributed by atoms with Crippen LogP contribution in [0.3, 0.4) is 0 Å². The van der Waals surface area contributed by atoms with Crippen molar-refractivity contribution in [3.63, 3.8) is 0 Å². The summed E-state index contributed by atoms with van der Waals surface area (Å²) < 4.78 is 6.53. The number of aliphatic hydroxyl groups is 4. The lowest BCUT2D eigenvalue weighted by Crippen LogP contribution is -2.56. The highest BCUT2D eigenvalue weighted by atomic mass is 16.6. The van der Waals surface area contributed by atoms with Crippen molar-refractivity contribution in [2.45, 2.75) is 30.6 Å². The quantitative estimate of drug-likeness (QED) is 0.291. The van der Waals surface area contributed by atoms with E-state index in [0.717, 1.165) is 10.9 Å². The van der Waals surface area contributed by atoms with Crippen LogP contribution in [0.5, 0.6) is 0 Å². The number of aromatic amines is 1. The number of anilines is 1. The molecule has 25 heavy (non-hydrogen) atoms. The fourth-order valence-electron chi connectivity index (χ4n) is 2.60. The van der Waals surface area contributed by atoms with Gasteiger partial charge in [-0.15, -0.1) is 0 Å². The van der Waals surface area contributed by atoms with Crippen molar-refractivity contribution < 1.29 is 30.0 Å². The number of aromatic nitrogens is 4. The molecular weight excluding hydrogens is 340 g/mol. The molecule has 5 atom stereocenters. The number of nitrogens with one attached hydrogen (secondary N) is 2. The number of imidazole rings is 1. The van der Waals surface area contributed by atoms with Gasteiger partial charge in [-0.2, -0.15) is 4.98 Å². The van der Waals surface area contributed by atoms with Crippen LogP contribution in [0.4, 0.5) is 10.7 Å². The number of primary amides is 1. The molecule has 13 heteroatoms. The number of carbonyl (C=O) groups is 1. The third-order valence-corrected chi connectivity index (χ3v) is 3.82. The zero-order valence-corrected chi connectivity index (χ0v) is 12.6. The summed E-state index contributed by atoms with van der Waals surface area (Å²) in [6, 6.07) is -0.957. The minimum absolute atomic E-state index is 0.0724. The molecule has 136 valence electrons. The van der Waals surface area contributed by atoms with Gasteiger partial charge in [0, 0.05) is 0 Å². The van der Waals surface area contributed by atoms with Gasteiger partial charge < -0.3 is 30.9 Å². The largest absolute Gasteiger partial charge is 0.394 e. The molecule has 13 nitrogen and oxygen atoms in total. The molecule has 2 amide bonds. The Morgan fingerprint density at radius 2 is 2.08 bits per heavy atom. The number of rotatable bonds is 3. The molecule has 0 radical (unpaired) electrons. The van der Waals surface area contributed by atoms with Gasteiger partial charge in [0.25, 0.3) is 5.56 Å². The fourth-order valence-corrected chi connectivity index (χ4v) is 2.60. The molecule has 2 aromatic rings. The van der Waals surface area contributed by atoms with Gasteiger partial charge in [0.1, 0.15) is 24.4 Å². The first kappa shape index (κ1) is 17.2. The number of carbonyl (C=O) groups excluding carboxylic acids is 1. The van der Waals surface area contributed by atoms with E-state index >= 15 is 0 Å². The summed E-state index contributed by atoms with van der Waals surface area (Å²) in [5.41, 5.74) is 4.10. The van der Waals surface area contributed by atoms with Gasteiger partial charge in [-0.1, -0.05) is 0 Å². The summed E-state index contributed by atoms with van der Waals surface area (Å²) in [6.07, 6.45) is -6.05. The summed E-state index contributed by atoms with van der Waals surface area (Å²) >= 11 is 0. The number of urea groups is 1. The van der Waals surface area contributed by atoms with Crippen molar-refractivity contribution >= 4 is 23.1 Å². The molecule has 3 heterocycles. The van der Waals surface area contributed by atoms with Gasteiger partial charge in [0.15, 0.2) is 17.4 Å². The number of aliphatic hydroxyl groups excluding tert-OH is 4. The van der Waals surface area contributed by atoms with Crippen LogP contribution >= 0.6 is 0 Å². The molecule has 3 rings (SSSR count). The van der Waals surface area contributed by atoms with E-state index in [2.05, 4.69) is 20.3 Å². The van der Waals surface area contributed by atoms with Crippen molar-refractivity contribution in [1.82, 2.24) is 19.5 Å². The first-order valence-corrected chi connectivity index (χ1v) is 7.17. The normalized spacial score (nSPS) is 29.7. The molecule has 1 fully saturated rings. The van der Waals surface area contributed by atoms with E-state index in [1.165, 1.54) is 0 Å². The summed E-state index contributed by atoms with van der Waals surface area (Å²) in [5.74, 6) is -0.253. The van der Waals surface area contributed by atoms with Crippen LogP contribution in [-0.2, 0) is 4.74 Å². The average Bonchev–Trinajstić information content (AvgIpc) is 2.97. The van der Waals surface area contributed by atoms with Crippen molar-refractivity contribution in [2.75, 3.05) is 11.9 Å². The number of nitrogens with two attached hydrogens (primary N) is 1. The van der Waals surface area contributed by atoms with Crippen molar-refractivity contribution in [3.8, 4) is 0 Å². The van der Waals surface area contributed by atoms with Crippen LogP contribution in [0.2, 0.25) is 0 Å². The number of nitrogens with zero attached hydrogens (tertiary/aromatic N) is 3. The van der Waals surface area contributed by atoms with Gasteiger partial charge in [0.2, 0.25) is 5.95 Å². The van der Waals surface area contributed by atoms with Crippen molar-refractivity contribution in [3.05, 3.63) is 16.7 Å². The zero-order chi connectivity index (χ0) is 18.3. The third-order valence-electron chi connectivity index (χ3n) is 3.82. The van der Waals surface area contributed by atoms with E-state index in [9.17, 15) is 30.0 Å². The summed E-state index contributed by atoms with van der Waals surface area (Å²) in [5, 5.41) is 41.2. The maximum Gasteiger partial charge on any atom is 0.318 e. The predicted octanol–water partition coefficient (Wildman–Crippen LogP) is -3.42. The molecule has 8 N–H and O–H groups in total. The van der Waals surface area contributed by atoms with Gasteiger partial charge in [0.05, 0.1) is 12.9 Å². The van der Waals surface area contributed by atoms with Gasteiger partial charge in [-0.05, 0) is 0 Å². The second-order valence-electron chi connectivity index (χ2n) is 5.45. The molecule has 0 aromatic carbocycles. The minimum Gasteiger partial charge on any atom is -0.394 e. The number of ether oxygens (including phenoxy) is 1. The number of hydrogen-bond acceptors (Lipinski definition) is 9. The Hall–Kier alpha value is -2.58. The zero-order valence-electron chi connectivity index (χ0n) is 12.6. The van der Waals surface area contributed by atoms with E-state index < -0.39 is 48.8 Å². The number of H-pyrrole nitrogens is 1. The molecule has 0 spiro atoms. The summed E-state index contributed by atoms with van der Waals surface area (Å²) in [7, 11) is 0. The van der Waals surface area contributed by atoms with Gasteiger partial charge in [-0.3, -0.25) is 19.7 Å². The van der Waals surface area contributed by atoms with Crippen LogP contribution in [0, 0.1) is 0 Å². The number of hydrogen-bond donors (Lipinski definition) is 7. The second-order valence-corrected chi connectivity index (χ2v) is 5.45. The predicted molar refractivity (Wildman–Crippen MR) is 80.4 cm³/mol. The van der Waals surface area contributed by atoms with Crippen LogP contribution < -0.4 is 16.6 Å². The van der Waals surface area contributed by atoms with E-state index in [0.29, 0.717) is 0 Å². The molecule has 1 aliphatic heterocycles. The third kappa shape index (κ3) is 2.94. The number of amides is 2. The van der Waals surface area contributed by atoms with E-state index in [1.807, 2.05) is 0 Å². The van der Waals surface area contributed by atoms with E-state index in [1.54, 1.807) is 0 Å². The summed E-state index contributed by atoms with van der Waals surface area (Å²) in [4.78, 5) is 33.0. The minimum atomic E-state index is -1.61. The maximum absolute atomic E-state index is 12.0. The lowest BCUT2D eigenvalue weighted by atomic mass is 9.98. The lowest BCUT2D eigenvalue weighted by Gasteiger charge is -2.40. The van der Waals surface area contributed by atoms with E-state index in [4.69, 9.17) is 10.5 Å². The Morgan fingerprint density at radius 1 is 1.36 bits per heavy atom. The Balaban J connectivity index is 2.07. The molecule has 0 aliphatic carbocycles. The molecule has 1 saturated heterocycles. The first-order chi connectivity index (χ1) is 11.8. The number of fused-ring (bicyclic) bond motifs is 1. The standard InChI is InChI=1S/C12H16N6O7/c13-11(24)17-12-15-8-4(9(23)16-12)14-2-18(8)10-7(22)6(21)5(20)3(1-19)25-10/h2-3,5-7,10,19-22H,1H2,(H4,13,15,16,17,23,24)/t3-,5+,6+,7-,10-/m1/s1. The monoisotopic (exact) mass is 356 g/mol. The molecule has 2 aromatic heterocycles. The first-order valence-electron chi connectivity index (χ1n) is 7.17. The summed E-state index contributed by atoms with van der Waals surface area (Å²) in [6.45, 7) is -0.615. The topological polar surface area (TPSA) is 209 Å². The smallest absolute Gasteiger partial charge is 0.318 e. The van der Waals surface area contributed by atoms with Crippen LogP contribution in [0.15, 0.2) is 11.1 Å². The SMILES string of the molecule is NC(=O)Nc1nc2c(ncn2[C@@H]2O[C@H](CO)[C@H](O)[C@H](O)[C@H]2O)c(=O)[nH]1. The fraction of sp³-hybridized carbons (Fsp3) is 0.500. The average molecular weight is 356 g/mol. The second kappa shape index (κ2) is 6.38. The highest BCUT2D eigenvalue weighted by molar-refractivity contribution is 5.86. The highest BCUT2D eigenvalue weighted by Crippen LogP contribution is 2.29. The Kier molecular flexibility index (Phi) is 4.40. The van der Waals surface area contributed by atoms with Gasteiger partial charge >= 0.3 is 6.03 Å². The molecule has 0 bridgehead atoms. The van der Waals surface area contributed by atoms with Crippen LogP contribution in [0.25, 0.3) is 11.2 Å². The molecule has 0 unspecified atom stereocenters. The molecule has 0 saturated carbocycles. The van der Waals surface area contributed by atoms with Crippen molar-refractivity contribution in [1.29, 1.82) is 0 Å². The van der Waals surface area contributed by atoms with Crippen LogP contribution in [-0.4, -0.2) is 77.0 Å². The Morgan fingerprint density at radius 3 is 2.72 bits per heavy atom. The van der Waals surface area contributed by atoms with Crippen LogP contribution in [0.1, 0.15) is 6.23 Å². The highest BCUT2D eigenvalue weighted by Gasteiger charge is 2.44. The van der Waals surface area contributed by atoms with Gasteiger partial charge in [-0.25, -0.2) is 9.78 Å². The Labute approximate surface area is 138 Å². The molecule has 1 aliphatic rings. The van der Waals surface area contributed by atoms with E-state index in [-0.39, 0.29) is 17.1 Å². The molecular formula is C12H16N6O7.